The van der Waals surface area contributed by atoms with Crippen LogP contribution in [0.2, 0.25) is 0 Å². The SMILES string of the molecule is CCOC(=O)c1cc(C(C)C)sc1NC(=O)COc1ccc(NC(C)=O)cc1. The minimum absolute atomic E-state index is 0.165. The van der Waals surface area contributed by atoms with E-state index < -0.39 is 5.97 Å². The highest BCUT2D eigenvalue weighted by atomic mass is 32.1. The first-order valence-electron chi connectivity index (χ1n) is 8.91. The van der Waals surface area contributed by atoms with E-state index in [1.807, 2.05) is 13.8 Å². The Balaban J connectivity index is 2.00. The Morgan fingerprint density at radius 1 is 1.11 bits per heavy atom. The molecule has 0 aliphatic carbocycles. The third-order valence-electron chi connectivity index (χ3n) is 3.61. The quantitative estimate of drug-likeness (QED) is 0.648. The third-order valence-corrected chi connectivity index (χ3v) is 4.96. The van der Waals surface area contributed by atoms with E-state index in [2.05, 4.69) is 10.6 Å². The highest BCUT2D eigenvalue weighted by Gasteiger charge is 2.20. The lowest BCUT2D eigenvalue weighted by molar-refractivity contribution is -0.118. The maximum absolute atomic E-state index is 12.3. The van der Waals surface area contributed by atoms with Gasteiger partial charge in [-0.25, -0.2) is 4.79 Å². The lowest BCUT2D eigenvalue weighted by Gasteiger charge is -2.09. The molecule has 0 spiro atoms. The average molecular weight is 404 g/mol. The van der Waals surface area contributed by atoms with Crippen LogP contribution < -0.4 is 15.4 Å². The van der Waals surface area contributed by atoms with Gasteiger partial charge >= 0.3 is 5.97 Å². The monoisotopic (exact) mass is 404 g/mol. The van der Waals surface area contributed by atoms with E-state index in [1.165, 1.54) is 18.3 Å². The number of ether oxygens (including phenoxy) is 2. The number of thiophene rings is 1. The maximum Gasteiger partial charge on any atom is 0.341 e. The smallest absolute Gasteiger partial charge is 0.341 e. The van der Waals surface area contributed by atoms with Gasteiger partial charge in [0.25, 0.3) is 5.91 Å². The second kappa shape index (κ2) is 9.89. The van der Waals surface area contributed by atoms with Crippen molar-refractivity contribution in [1.29, 1.82) is 0 Å². The summed E-state index contributed by atoms with van der Waals surface area (Å²) in [5.41, 5.74) is 0.992. The molecule has 0 saturated heterocycles. The van der Waals surface area contributed by atoms with Crippen LogP contribution in [0.5, 0.6) is 5.75 Å². The first kappa shape index (κ1) is 21.4. The van der Waals surface area contributed by atoms with Gasteiger partial charge < -0.3 is 20.1 Å². The summed E-state index contributed by atoms with van der Waals surface area (Å²) in [5.74, 6) is -0.294. The highest BCUT2D eigenvalue weighted by molar-refractivity contribution is 7.16. The number of nitrogens with one attached hydrogen (secondary N) is 2. The molecule has 2 amide bonds. The largest absolute Gasteiger partial charge is 0.484 e. The average Bonchev–Trinajstić information content (AvgIpc) is 3.05. The fourth-order valence-corrected chi connectivity index (χ4v) is 3.36. The van der Waals surface area contributed by atoms with Crippen LogP contribution in [-0.2, 0) is 14.3 Å². The predicted molar refractivity (Wildman–Crippen MR) is 109 cm³/mol. The number of benzene rings is 1. The van der Waals surface area contributed by atoms with E-state index in [1.54, 1.807) is 37.3 Å². The van der Waals surface area contributed by atoms with Crippen molar-refractivity contribution in [2.24, 2.45) is 0 Å². The van der Waals surface area contributed by atoms with E-state index in [0.29, 0.717) is 22.0 Å². The molecule has 28 heavy (non-hydrogen) atoms. The summed E-state index contributed by atoms with van der Waals surface area (Å²) in [6, 6.07) is 8.43. The zero-order valence-corrected chi connectivity index (χ0v) is 17.1. The molecule has 0 saturated carbocycles. The van der Waals surface area contributed by atoms with Gasteiger partial charge in [0.1, 0.15) is 10.8 Å². The van der Waals surface area contributed by atoms with E-state index >= 15 is 0 Å². The number of rotatable bonds is 8. The number of carbonyl (C=O) groups is 3. The molecule has 2 rings (SSSR count). The van der Waals surface area contributed by atoms with E-state index in [0.717, 1.165) is 4.88 Å². The molecule has 0 aliphatic heterocycles. The van der Waals surface area contributed by atoms with Gasteiger partial charge in [0.2, 0.25) is 5.91 Å². The Morgan fingerprint density at radius 2 is 1.79 bits per heavy atom. The second-order valence-corrected chi connectivity index (χ2v) is 7.39. The second-order valence-electron chi connectivity index (χ2n) is 6.31. The molecule has 0 fully saturated rings. The Morgan fingerprint density at radius 3 is 2.36 bits per heavy atom. The Labute approximate surface area is 168 Å². The summed E-state index contributed by atoms with van der Waals surface area (Å²) >= 11 is 1.35. The number of anilines is 2. The van der Waals surface area contributed by atoms with Gasteiger partial charge in [-0.05, 0) is 43.2 Å². The lowest BCUT2D eigenvalue weighted by Crippen LogP contribution is -2.21. The van der Waals surface area contributed by atoms with E-state index in [9.17, 15) is 14.4 Å². The van der Waals surface area contributed by atoms with Gasteiger partial charge in [-0.15, -0.1) is 11.3 Å². The number of esters is 1. The Hall–Kier alpha value is -2.87. The van der Waals surface area contributed by atoms with Crippen LogP contribution in [0.1, 0.15) is 48.8 Å². The molecule has 7 nitrogen and oxygen atoms in total. The number of hydrogen-bond acceptors (Lipinski definition) is 6. The standard InChI is InChI=1S/C20H24N2O5S/c1-5-26-20(25)16-10-17(12(2)3)28-19(16)22-18(24)11-27-15-8-6-14(7-9-15)21-13(4)23/h6-10,12H,5,11H2,1-4H3,(H,21,23)(H,22,24). The molecule has 0 bridgehead atoms. The van der Waals surface area contributed by atoms with E-state index in [-0.39, 0.29) is 30.9 Å². The summed E-state index contributed by atoms with van der Waals surface area (Å²) in [6.07, 6.45) is 0. The molecule has 0 aliphatic rings. The summed E-state index contributed by atoms with van der Waals surface area (Å²) < 4.78 is 10.5. The topological polar surface area (TPSA) is 93.7 Å². The Kier molecular flexibility index (Phi) is 7.57. The van der Waals surface area contributed by atoms with Gasteiger partial charge in [0.15, 0.2) is 6.61 Å². The zero-order chi connectivity index (χ0) is 20.7. The zero-order valence-electron chi connectivity index (χ0n) is 16.3. The van der Waals surface area contributed by atoms with Crippen molar-refractivity contribution in [3.05, 3.63) is 40.8 Å². The molecule has 2 aromatic rings. The summed E-state index contributed by atoms with van der Waals surface area (Å²) in [6.45, 7) is 7.24. The molecule has 1 aromatic carbocycles. The van der Waals surface area contributed by atoms with Crippen molar-refractivity contribution in [3.8, 4) is 5.75 Å². The van der Waals surface area contributed by atoms with Crippen LogP contribution in [0.15, 0.2) is 30.3 Å². The van der Waals surface area contributed by atoms with Gasteiger partial charge in [-0.2, -0.15) is 0 Å². The number of carbonyl (C=O) groups excluding carboxylic acids is 3. The van der Waals surface area contributed by atoms with Crippen LogP contribution in [-0.4, -0.2) is 31.0 Å². The van der Waals surface area contributed by atoms with Crippen LogP contribution in [0, 0.1) is 0 Å². The van der Waals surface area contributed by atoms with Crippen molar-refractivity contribution >= 4 is 39.8 Å². The van der Waals surface area contributed by atoms with Crippen molar-refractivity contribution in [3.63, 3.8) is 0 Å². The molecule has 0 unspecified atom stereocenters. The van der Waals surface area contributed by atoms with Gasteiger partial charge in [-0.3, -0.25) is 9.59 Å². The first-order valence-corrected chi connectivity index (χ1v) is 9.73. The number of hydrogen-bond donors (Lipinski definition) is 2. The summed E-state index contributed by atoms with van der Waals surface area (Å²) in [7, 11) is 0. The van der Waals surface area contributed by atoms with Crippen molar-refractivity contribution in [2.45, 2.75) is 33.6 Å². The van der Waals surface area contributed by atoms with Crippen molar-refractivity contribution in [2.75, 3.05) is 23.8 Å². The molecular formula is C20H24N2O5S. The van der Waals surface area contributed by atoms with Crippen molar-refractivity contribution < 1.29 is 23.9 Å². The number of amides is 2. The molecule has 0 atom stereocenters. The molecular weight excluding hydrogens is 380 g/mol. The molecule has 8 heteroatoms. The van der Waals surface area contributed by atoms with Crippen LogP contribution in [0.3, 0.4) is 0 Å². The van der Waals surface area contributed by atoms with Gasteiger partial charge in [-0.1, -0.05) is 13.8 Å². The normalized spacial score (nSPS) is 10.5. The third kappa shape index (κ3) is 6.09. The molecule has 150 valence electrons. The van der Waals surface area contributed by atoms with Gasteiger partial charge in [0, 0.05) is 17.5 Å². The van der Waals surface area contributed by atoms with Crippen LogP contribution >= 0.6 is 11.3 Å². The highest BCUT2D eigenvalue weighted by Crippen LogP contribution is 2.33. The Bertz CT molecular complexity index is 843. The summed E-state index contributed by atoms with van der Waals surface area (Å²) in [5, 5.41) is 5.84. The molecule has 2 N–H and O–H groups in total. The fourth-order valence-electron chi connectivity index (χ4n) is 2.30. The van der Waals surface area contributed by atoms with Gasteiger partial charge in [0.05, 0.1) is 12.2 Å². The van der Waals surface area contributed by atoms with Crippen LogP contribution in [0.25, 0.3) is 0 Å². The van der Waals surface area contributed by atoms with Crippen LogP contribution in [0.4, 0.5) is 10.7 Å². The molecule has 1 aromatic heterocycles. The minimum Gasteiger partial charge on any atom is -0.484 e. The van der Waals surface area contributed by atoms with E-state index in [4.69, 9.17) is 9.47 Å². The molecule has 1 heterocycles. The maximum atomic E-state index is 12.3. The fraction of sp³-hybridized carbons (Fsp3) is 0.350. The summed E-state index contributed by atoms with van der Waals surface area (Å²) in [4.78, 5) is 36.4. The predicted octanol–water partition coefficient (Wildman–Crippen LogP) is 4.02. The lowest BCUT2D eigenvalue weighted by atomic mass is 10.1. The first-order chi connectivity index (χ1) is 13.3. The minimum atomic E-state index is -0.463. The van der Waals surface area contributed by atoms with Crippen molar-refractivity contribution in [1.82, 2.24) is 0 Å². The molecule has 0 radical (unpaired) electrons.